The molecule has 2 heteroatoms. The highest BCUT2D eigenvalue weighted by Gasteiger charge is 2.37. The standard InChI is InChI=1S/C18H35NO/c1-4-5-6-7-8-9-10-11-12-13-15-19-16-14-18(2,3)17(19)20/h4-16H2,1-3H3. The van der Waals surface area contributed by atoms with Crippen molar-refractivity contribution in [2.45, 2.75) is 91.4 Å². The number of carbonyl (C=O) groups is 1. The molecule has 0 radical (unpaired) electrons. The Kier molecular flexibility index (Phi) is 8.25. The van der Waals surface area contributed by atoms with Gasteiger partial charge in [-0.2, -0.15) is 0 Å². The van der Waals surface area contributed by atoms with Crippen molar-refractivity contribution in [3.63, 3.8) is 0 Å². The van der Waals surface area contributed by atoms with Gasteiger partial charge in [-0.1, -0.05) is 78.6 Å². The van der Waals surface area contributed by atoms with E-state index in [2.05, 4.69) is 25.7 Å². The fourth-order valence-electron chi connectivity index (χ4n) is 3.05. The van der Waals surface area contributed by atoms with E-state index in [0.717, 1.165) is 19.5 Å². The molecule has 1 amide bonds. The van der Waals surface area contributed by atoms with Crippen molar-refractivity contribution in [1.29, 1.82) is 0 Å². The van der Waals surface area contributed by atoms with Crippen LogP contribution in [0.5, 0.6) is 0 Å². The Labute approximate surface area is 126 Å². The predicted octanol–water partition coefficient (Wildman–Crippen LogP) is 5.17. The molecule has 0 unspecified atom stereocenters. The van der Waals surface area contributed by atoms with Crippen LogP contribution in [0.3, 0.4) is 0 Å². The van der Waals surface area contributed by atoms with Crippen LogP contribution in [0.2, 0.25) is 0 Å². The van der Waals surface area contributed by atoms with E-state index >= 15 is 0 Å². The molecule has 0 saturated carbocycles. The van der Waals surface area contributed by atoms with Gasteiger partial charge in [0.2, 0.25) is 5.91 Å². The lowest BCUT2D eigenvalue weighted by molar-refractivity contribution is -0.134. The maximum atomic E-state index is 12.0. The predicted molar refractivity (Wildman–Crippen MR) is 86.8 cm³/mol. The summed E-state index contributed by atoms with van der Waals surface area (Å²) < 4.78 is 0. The van der Waals surface area contributed by atoms with Crippen LogP contribution in [0.4, 0.5) is 0 Å². The number of nitrogens with zero attached hydrogens (tertiary/aromatic N) is 1. The minimum Gasteiger partial charge on any atom is -0.342 e. The second-order valence-electron chi connectivity index (χ2n) is 7.11. The van der Waals surface area contributed by atoms with Gasteiger partial charge < -0.3 is 4.90 Å². The monoisotopic (exact) mass is 281 g/mol. The van der Waals surface area contributed by atoms with Gasteiger partial charge in [0, 0.05) is 18.5 Å². The summed E-state index contributed by atoms with van der Waals surface area (Å²) in [6.07, 6.45) is 14.6. The minimum atomic E-state index is -0.0987. The Balaban J connectivity index is 1.89. The number of likely N-dealkylation sites (tertiary alicyclic amines) is 1. The summed E-state index contributed by atoms with van der Waals surface area (Å²) in [5, 5.41) is 0. The summed E-state index contributed by atoms with van der Waals surface area (Å²) in [6.45, 7) is 8.38. The maximum Gasteiger partial charge on any atom is 0.228 e. The van der Waals surface area contributed by atoms with Crippen LogP contribution in [0.15, 0.2) is 0 Å². The zero-order valence-corrected chi connectivity index (χ0v) is 14.0. The van der Waals surface area contributed by atoms with Gasteiger partial charge in [0.1, 0.15) is 0 Å². The Morgan fingerprint density at radius 3 is 1.85 bits per heavy atom. The molecule has 0 spiro atoms. The first-order valence-electron chi connectivity index (χ1n) is 8.87. The van der Waals surface area contributed by atoms with E-state index in [9.17, 15) is 4.79 Å². The minimum absolute atomic E-state index is 0.0987. The van der Waals surface area contributed by atoms with E-state index < -0.39 is 0 Å². The average molecular weight is 281 g/mol. The van der Waals surface area contributed by atoms with Crippen molar-refractivity contribution < 1.29 is 4.79 Å². The van der Waals surface area contributed by atoms with Gasteiger partial charge in [-0.3, -0.25) is 4.79 Å². The molecule has 1 saturated heterocycles. The normalized spacial score (nSPS) is 17.9. The molecule has 0 atom stereocenters. The lowest BCUT2D eigenvalue weighted by atomic mass is 9.92. The topological polar surface area (TPSA) is 20.3 Å². The lowest BCUT2D eigenvalue weighted by Gasteiger charge is -2.19. The third-order valence-corrected chi connectivity index (χ3v) is 4.65. The third-order valence-electron chi connectivity index (χ3n) is 4.65. The number of carbonyl (C=O) groups excluding carboxylic acids is 1. The first kappa shape index (κ1) is 17.5. The molecule has 118 valence electrons. The Morgan fingerprint density at radius 1 is 0.900 bits per heavy atom. The molecular formula is C18H35NO. The molecule has 0 N–H and O–H groups in total. The fourth-order valence-corrected chi connectivity index (χ4v) is 3.05. The zero-order chi connectivity index (χ0) is 14.8. The van der Waals surface area contributed by atoms with Gasteiger partial charge in [0.15, 0.2) is 0 Å². The fraction of sp³-hybridized carbons (Fsp3) is 0.944. The Hall–Kier alpha value is -0.530. The number of hydrogen-bond acceptors (Lipinski definition) is 1. The van der Waals surface area contributed by atoms with Crippen molar-refractivity contribution in [2.75, 3.05) is 13.1 Å². The molecule has 1 rings (SSSR count). The second-order valence-corrected chi connectivity index (χ2v) is 7.11. The van der Waals surface area contributed by atoms with E-state index in [1.54, 1.807) is 0 Å². The third kappa shape index (κ3) is 6.28. The van der Waals surface area contributed by atoms with Gasteiger partial charge in [-0.05, 0) is 12.8 Å². The highest BCUT2D eigenvalue weighted by atomic mass is 16.2. The van der Waals surface area contributed by atoms with Gasteiger partial charge in [-0.15, -0.1) is 0 Å². The highest BCUT2D eigenvalue weighted by molar-refractivity contribution is 5.83. The SMILES string of the molecule is CCCCCCCCCCCCN1CCC(C)(C)C1=O. The first-order valence-corrected chi connectivity index (χ1v) is 8.87. The molecule has 0 aromatic rings. The molecule has 0 aromatic heterocycles. The van der Waals surface area contributed by atoms with Crippen LogP contribution in [-0.2, 0) is 4.79 Å². The molecule has 1 aliphatic heterocycles. The number of amides is 1. The smallest absolute Gasteiger partial charge is 0.228 e. The molecule has 1 aliphatic rings. The Bertz CT molecular complexity index is 273. The van der Waals surface area contributed by atoms with Gasteiger partial charge in [0.25, 0.3) is 0 Å². The van der Waals surface area contributed by atoms with E-state index in [0.29, 0.717) is 5.91 Å². The van der Waals surface area contributed by atoms with Crippen LogP contribution in [0.25, 0.3) is 0 Å². The van der Waals surface area contributed by atoms with E-state index in [4.69, 9.17) is 0 Å². The number of hydrogen-bond donors (Lipinski definition) is 0. The van der Waals surface area contributed by atoms with Crippen LogP contribution in [0.1, 0.15) is 91.4 Å². The maximum absolute atomic E-state index is 12.0. The van der Waals surface area contributed by atoms with Crippen LogP contribution in [-0.4, -0.2) is 23.9 Å². The quantitative estimate of drug-likeness (QED) is 0.479. The van der Waals surface area contributed by atoms with Gasteiger partial charge >= 0.3 is 0 Å². The summed E-state index contributed by atoms with van der Waals surface area (Å²) >= 11 is 0. The molecular weight excluding hydrogens is 246 g/mol. The lowest BCUT2D eigenvalue weighted by Crippen LogP contribution is -2.31. The molecule has 1 fully saturated rings. The van der Waals surface area contributed by atoms with E-state index in [1.807, 2.05) is 0 Å². The summed E-state index contributed by atoms with van der Waals surface area (Å²) in [5.41, 5.74) is -0.0987. The van der Waals surface area contributed by atoms with Crippen molar-refractivity contribution in [1.82, 2.24) is 4.90 Å². The van der Waals surface area contributed by atoms with E-state index in [1.165, 1.54) is 64.2 Å². The van der Waals surface area contributed by atoms with E-state index in [-0.39, 0.29) is 5.41 Å². The molecule has 1 heterocycles. The molecule has 0 aromatic carbocycles. The summed E-state index contributed by atoms with van der Waals surface area (Å²) in [5.74, 6) is 0.369. The molecule has 2 nitrogen and oxygen atoms in total. The van der Waals surface area contributed by atoms with Gasteiger partial charge in [0.05, 0.1) is 0 Å². The van der Waals surface area contributed by atoms with Crippen molar-refractivity contribution in [3.05, 3.63) is 0 Å². The van der Waals surface area contributed by atoms with Gasteiger partial charge in [-0.25, -0.2) is 0 Å². The highest BCUT2D eigenvalue weighted by Crippen LogP contribution is 2.30. The second kappa shape index (κ2) is 9.41. The first-order chi connectivity index (χ1) is 9.58. The van der Waals surface area contributed by atoms with Crippen molar-refractivity contribution >= 4 is 5.91 Å². The molecule has 20 heavy (non-hydrogen) atoms. The summed E-state index contributed by atoms with van der Waals surface area (Å²) in [4.78, 5) is 14.1. The number of unbranched alkanes of at least 4 members (excludes halogenated alkanes) is 9. The van der Waals surface area contributed by atoms with Crippen molar-refractivity contribution in [2.24, 2.45) is 5.41 Å². The number of rotatable bonds is 11. The average Bonchev–Trinajstić information content (AvgIpc) is 2.67. The van der Waals surface area contributed by atoms with Crippen molar-refractivity contribution in [3.8, 4) is 0 Å². The Morgan fingerprint density at radius 2 is 1.40 bits per heavy atom. The largest absolute Gasteiger partial charge is 0.342 e. The summed E-state index contributed by atoms with van der Waals surface area (Å²) in [6, 6.07) is 0. The molecule has 0 bridgehead atoms. The summed E-state index contributed by atoms with van der Waals surface area (Å²) in [7, 11) is 0. The molecule has 0 aliphatic carbocycles. The van der Waals surface area contributed by atoms with Crippen LogP contribution < -0.4 is 0 Å². The van der Waals surface area contributed by atoms with Crippen LogP contribution in [0, 0.1) is 5.41 Å². The van der Waals surface area contributed by atoms with Crippen LogP contribution >= 0.6 is 0 Å². The zero-order valence-electron chi connectivity index (χ0n) is 14.0.